The summed E-state index contributed by atoms with van der Waals surface area (Å²) in [5.41, 5.74) is 2.85. The highest BCUT2D eigenvalue weighted by Crippen LogP contribution is 2.37. The van der Waals surface area contributed by atoms with E-state index in [9.17, 15) is 13.2 Å². The predicted octanol–water partition coefficient (Wildman–Crippen LogP) is 5.85. The highest BCUT2D eigenvalue weighted by molar-refractivity contribution is 5.34. The minimum atomic E-state index is -4.38. The number of fused-ring (bicyclic) bond motifs is 1. The van der Waals surface area contributed by atoms with Crippen LogP contribution in [0.4, 0.5) is 13.2 Å². The van der Waals surface area contributed by atoms with E-state index in [0.717, 1.165) is 17.3 Å². The topological polar surface area (TPSA) is 16.1 Å². The molecule has 0 amide bonds. The average Bonchev–Trinajstić information content (AvgIpc) is 3.05. The molecule has 2 aromatic rings. The maximum atomic E-state index is 13.0. The van der Waals surface area contributed by atoms with Crippen LogP contribution in [0.25, 0.3) is 0 Å². The normalized spacial score (nSPS) is 16.5. The van der Waals surface area contributed by atoms with Gasteiger partial charge in [-0.15, -0.1) is 0 Å². The molecule has 0 aliphatic carbocycles. The van der Waals surface area contributed by atoms with Crippen molar-refractivity contribution in [1.29, 1.82) is 0 Å². The van der Waals surface area contributed by atoms with Crippen LogP contribution in [-0.4, -0.2) is 9.88 Å². The average molecular weight is 370 g/mol. The fourth-order valence-electron chi connectivity index (χ4n) is 3.40. The molecule has 0 N–H and O–H groups in total. The molecule has 1 aliphatic heterocycles. The van der Waals surface area contributed by atoms with Crippen molar-refractivity contribution < 1.29 is 13.2 Å². The molecule has 1 aromatic carbocycles. The third-order valence-electron chi connectivity index (χ3n) is 4.63. The molecule has 0 radical (unpaired) electrons. The van der Waals surface area contributed by atoms with E-state index >= 15 is 0 Å². The number of aromatic nitrogens is 1. The van der Waals surface area contributed by atoms with E-state index in [2.05, 4.69) is 16.5 Å². The second kappa shape index (κ2) is 7.92. The van der Waals surface area contributed by atoms with Crippen LogP contribution in [-0.2, 0) is 19.3 Å². The predicted molar refractivity (Wildman–Crippen MR) is 101 cm³/mol. The number of hydrogen-bond donors (Lipinski definition) is 0. The zero-order valence-electron chi connectivity index (χ0n) is 15.1. The highest BCUT2D eigenvalue weighted by Gasteiger charge is 2.34. The van der Waals surface area contributed by atoms with Gasteiger partial charge in [0.25, 0.3) is 0 Å². The van der Waals surface area contributed by atoms with Gasteiger partial charge in [-0.25, -0.2) is 0 Å². The largest absolute Gasteiger partial charge is 0.417 e. The summed E-state index contributed by atoms with van der Waals surface area (Å²) in [6.07, 6.45) is 4.03. The molecule has 3 rings (SSSR count). The van der Waals surface area contributed by atoms with E-state index in [0.29, 0.717) is 24.3 Å². The van der Waals surface area contributed by atoms with Gasteiger partial charge in [-0.05, 0) is 24.1 Å². The van der Waals surface area contributed by atoms with Crippen molar-refractivity contribution in [2.75, 3.05) is 0 Å². The maximum Gasteiger partial charge on any atom is 0.417 e. The van der Waals surface area contributed by atoms with Crippen LogP contribution in [0.5, 0.6) is 0 Å². The van der Waals surface area contributed by atoms with Gasteiger partial charge in [-0.3, -0.25) is 9.88 Å². The van der Waals surface area contributed by atoms with E-state index in [1.54, 1.807) is 6.08 Å². The molecule has 0 bridgehead atoms. The number of benzene rings is 1. The Kier molecular flexibility index (Phi) is 5.61. The van der Waals surface area contributed by atoms with E-state index in [1.807, 2.05) is 55.5 Å². The molecule has 27 heavy (non-hydrogen) atoms. The Bertz CT molecular complexity index is 867. The first-order valence-electron chi connectivity index (χ1n) is 8.70. The first kappa shape index (κ1) is 19.1. The van der Waals surface area contributed by atoms with Crippen molar-refractivity contribution in [2.45, 2.75) is 32.2 Å². The van der Waals surface area contributed by atoms with Gasteiger partial charge >= 0.3 is 6.18 Å². The van der Waals surface area contributed by atoms with Gasteiger partial charge < -0.3 is 0 Å². The van der Waals surface area contributed by atoms with Crippen molar-refractivity contribution in [3.8, 4) is 0 Å². The molecule has 1 aliphatic rings. The summed E-state index contributed by atoms with van der Waals surface area (Å²) >= 11 is 0. The fourth-order valence-corrected chi connectivity index (χ4v) is 3.40. The minimum Gasteiger partial charge on any atom is -0.282 e. The van der Waals surface area contributed by atoms with Crippen molar-refractivity contribution in [1.82, 2.24) is 9.88 Å². The van der Waals surface area contributed by atoms with Gasteiger partial charge in [0.15, 0.2) is 0 Å². The number of hydrogen-bond acceptors (Lipinski definition) is 2. The monoisotopic (exact) mass is 370 g/mol. The molecule has 1 unspecified atom stereocenters. The summed E-state index contributed by atoms with van der Waals surface area (Å²) in [5.74, 6) is 0. The van der Waals surface area contributed by atoms with Gasteiger partial charge in [-0.2, -0.15) is 13.2 Å². The standard InChI is InChI=1S/C22H21F3N2/c1-3-4-6-9-16(2)21(17-10-7-5-8-11-17)27-14-18-12-19(22(23,24)25)13-26-20(18)15-27/h3-13,21H,1,14-15H2,2H3/b6-4-,16-9+. The number of pyridine rings is 1. The Morgan fingerprint density at radius 1 is 1.19 bits per heavy atom. The molecule has 1 atom stereocenters. The van der Waals surface area contributed by atoms with Crippen LogP contribution in [0.2, 0.25) is 0 Å². The number of nitrogens with zero attached hydrogens (tertiary/aromatic N) is 2. The number of allylic oxidation sites excluding steroid dienone is 4. The lowest BCUT2D eigenvalue weighted by molar-refractivity contribution is -0.137. The smallest absolute Gasteiger partial charge is 0.282 e. The fraction of sp³-hybridized carbons (Fsp3) is 0.227. The first-order chi connectivity index (χ1) is 12.9. The summed E-state index contributed by atoms with van der Waals surface area (Å²) in [4.78, 5) is 6.23. The molecule has 2 heterocycles. The summed E-state index contributed by atoms with van der Waals surface area (Å²) in [6.45, 7) is 6.65. The Labute approximate surface area is 157 Å². The molecular formula is C22H21F3N2. The Morgan fingerprint density at radius 3 is 2.59 bits per heavy atom. The third kappa shape index (κ3) is 4.37. The highest BCUT2D eigenvalue weighted by atomic mass is 19.4. The van der Waals surface area contributed by atoms with Crippen molar-refractivity contribution in [2.24, 2.45) is 0 Å². The van der Waals surface area contributed by atoms with Crippen LogP contribution in [0.1, 0.15) is 35.3 Å². The summed E-state index contributed by atoms with van der Waals surface area (Å²) < 4.78 is 39.0. The summed E-state index contributed by atoms with van der Waals surface area (Å²) in [6, 6.07) is 11.2. The molecular weight excluding hydrogens is 349 g/mol. The van der Waals surface area contributed by atoms with E-state index in [1.165, 1.54) is 6.07 Å². The van der Waals surface area contributed by atoms with Crippen molar-refractivity contribution in [3.05, 3.63) is 101 Å². The van der Waals surface area contributed by atoms with Crippen LogP contribution in [0.15, 0.2) is 79.1 Å². The van der Waals surface area contributed by atoms with Gasteiger partial charge in [0.2, 0.25) is 0 Å². The Hall–Kier alpha value is -2.66. The van der Waals surface area contributed by atoms with Gasteiger partial charge in [-0.1, -0.05) is 66.8 Å². The van der Waals surface area contributed by atoms with Gasteiger partial charge in [0.05, 0.1) is 17.3 Å². The second-order valence-corrected chi connectivity index (χ2v) is 6.58. The number of halogens is 3. The SMILES string of the molecule is C=C/C=C\C=C(/C)C(c1ccccc1)N1Cc2cc(C(F)(F)F)cnc2C1. The molecule has 0 spiro atoms. The van der Waals surface area contributed by atoms with E-state index in [4.69, 9.17) is 0 Å². The second-order valence-electron chi connectivity index (χ2n) is 6.58. The Balaban J connectivity index is 1.93. The lowest BCUT2D eigenvalue weighted by Gasteiger charge is -2.28. The minimum absolute atomic E-state index is 0.0378. The summed E-state index contributed by atoms with van der Waals surface area (Å²) in [5, 5.41) is 0. The molecule has 0 saturated carbocycles. The van der Waals surface area contributed by atoms with E-state index in [-0.39, 0.29) is 6.04 Å². The van der Waals surface area contributed by atoms with Crippen molar-refractivity contribution >= 4 is 0 Å². The zero-order chi connectivity index (χ0) is 19.4. The quantitative estimate of drug-likeness (QED) is 0.614. The number of alkyl halides is 3. The number of rotatable bonds is 5. The van der Waals surface area contributed by atoms with E-state index < -0.39 is 11.7 Å². The third-order valence-corrected chi connectivity index (χ3v) is 4.63. The molecule has 2 nitrogen and oxygen atoms in total. The van der Waals surface area contributed by atoms with Crippen LogP contribution in [0, 0.1) is 0 Å². The molecule has 0 saturated heterocycles. The maximum absolute atomic E-state index is 13.0. The molecule has 140 valence electrons. The Morgan fingerprint density at radius 2 is 1.93 bits per heavy atom. The lowest BCUT2D eigenvalue weighted by atomic mass is 9.98. The first-order valence-corrected chi connectivity index (χ1v) is 8.70. The van der Waals surface area contributed by atoms with Crippen LogP contribution in [0.3, 0.4) is 0 Å². The molecule has 1 aromatic heterocycles. The zero-order valence-corrected chi connectivity index (χ0v) is 15.1. The van der Waals surface area contributed by atoms with Gasteiger partial charge in [0.1, 0.15) is 0 Å². The van der Waals surface area contributed by atoms with Crippen LogP contribution >= 0.6 is 0 Å². The molecule has 5 heteroatoms. The lowest BCUT2D eigenvalue weighted by Crippen LogP contribution is -2.24. The molecule has 0 fully saturated rings. The van der Waals surface area contributed by atoms with Crippen molar-refractivity contribution in [3.63, 3.8) is 0 Å². The van der Waals surface area contributed by atoms with Gasteiger partial charge in [0, 0.05) is 19.3 Å². The van der Waals surface area contributed by atoms with Crippen LogP contribution < -0.4 is 0 Å². The summed E-state index contributed by atoms with van der Waals surface area (Å²) in [7, 11) is 0.